The molecule has 0 aromatic heterocycles. The number of amides is 1. The standard InChI is InChI=1S/C20H23BrN2O4/c1-13(2)17-10-15(21)5-7-19(17)27-12-20(24)23-22-11-14-9-16(25-3)6-8-18(14)26-4/h5-11,13H,12H2,1-4H3,(H,23,24)/b22-11+. The minimum atomic E-state index is -0.356. The van der Waals surface area contributed by atoms with Crippen molar-refractivity contribution in [3.63, 3.8) is 0 Å². The number of ether oxygens (including phenoxy) is 3. The van der Waals surface area contributed by atoms with Crippen LogP contribution in [-0.4, -0.2) is 32.9 Å². The van der Waals surface area contributed by atoms with E-state index in [1.54, 1.807) is 32.4 Å². The molecule has 0 saturated carbocycles. The molecule has 1 amide bonds. The number of hydrogen-bond donors (Lipinski definition) is 1. The molecular weight excluding hydrogens is 412 g/mol. The number of carbonyl (C=O) groups excluding carboxylic acids is 1. The van der Waals surface area contributed by atoms with E-state index in [0.29, 0.717) is 22.8 Å². The second kappa shape index (κ2) is 9.97. The molecule has 0 heterocycles. The van der Waals surface area contributed by atoms with Crippen molar-refractivity contribution < 1.29 is 19.0 Å². The van der Waals surface area contributed by atoms with E-state index in [0.717, 1.165) is 10.0 Å². The largest absolute Gasteiger partial charge is 0.497 e. The second-order valence-electron chi connectivity index (χ2n) is 6.03. The minimum absolute atomic E-state index is 0.131. The van der Waals surface area contributed by atoms with Gasteiger partial charge in [0.05, 0.1) is 20.4 Å². The van der Waals surface area contributed by atoms with Gasteiger partial charge in [-0.05, 0) is 47.9 Å². The maximum absolute atomic E-state index is 12.0. The summed E-state index contributed by atoms with van der Waals surface area (Å²) >= 11 is 3.45. The average molecular weight is 435 g/mol. The summed E-state index contributed by atoms with van der Waals surface area (Å²) in [5, 5.41) is 3.96. The highest BCUT2D eigenvalue weighted by molar-refractivity contribution is 9.10. The van der Waals surface area contributed by atoms with E-state index < -0.39 is 0 Å². The second-order valence-corrected chi connectivity index (χ2v) is 6.94. The summed E-state index contributed by atoms with van der Waals surface area (Å²) < 4.78 is 17.1. The summed E-state index contributed by atoms with van der Waals surface area (Å²) in [4.78, 5) is 12.0. The number of carbonyl (C=O) groups is 1. The first-order valence-corrected chi connectivity index (χ1v) is 9.20. The predicted octanol–water partition coefficient (Wildman–Crippen LogP) is 4.12. The summed E-state index contributed by atoms with van der Waals surface area (Å²) in [5.41, 5.74) is 4.17. The van der Waals surface area contributed by atoms with Crippen molar-refractivity contribution in [3.8, 4) is 17.2 Å². The molecule has 2 rings (SSSR count). The van der Waals surface area contributed by atoms with Crippen molar-refractivity contribution >= 4 is 28.1 Å². The van der Waals surface area contributed by atoms with Crippen LogP contribution in [0.15, 0.2) is 46.0 Å². The number of methoxy groups -OCH3 is 2. The minimum Gasteiger partial charge on any atom is -0.497 e. The third-order valence-corrected chi connectivity index (χ3v) is 4.28. The summed E-state index contributed by atoms with van der Waals surface area (Å²) in [7, 11) is 3.14. The first-order valence-electron chi connectivity index (χ1n) is 8.40. The van der Waals surface area contributed by atoms with Crippen molar-refractivity contribution in [1.82, 2.24) is 5.43 Å². The Morgan fingerprint density at radius 1 is 1.15 bits per heavy atom. The van der Waals surface area contributed by atoms with Crippen LogP contribution >= 0.6 is 15.9 Å². The molecule has 0 saturated heterocycles. The summed E-state index contributed by atoms with van der Waals surface area (Å²) in [6.07, 6.45) is 1.50. The van der Waals surface area contributed by atoms with Gasteiger partial charge in [0.2, 0.25) is 0 Å². The number of rotatable bonds is 8. The molecule has 2 aromatic carbocycles. The van der Waals surface area contributed by atoms with E-state index in [9.17, 15) is 4.79 Å². The molecule has 1 N–H and O–H groups in total. The molecule has 7 heteroatoms. The van der Waals surface area contributed by atoms with Gasteiger partial charge in [0, 0.05) is 10.0 Å². The number of halogens is 1. The SMILES string of the molecule is COc1ccc(OC)c(/C=N/NC(=O)COc2ccc(Br)cc2C(C)C)c1. The van der Waals surface area contributed by atoms with Crippen LogP contribution in [0.25, 0.3) is 0 Å². The van der Waals surface area contributed by atoms with Crippen molar-refractivity contribution in [3.05, 3.63) is 52.0 Å². The Balaban J connectivity index is 1.97. The molecule has 0 aliphatic carbocycles. The zero-order valence-electron chi connectivity index (χ0n) is 15.8. The Morgan fingerprint density at radius 2 is 1.89 bits per heavy atom. The highest BCUT2D eigenvalue weighted by atomic mass is 79.9. The Labute approximate surface area is 167 Å². The fourth-order valence-corrected chi connectivity index (χ4v) is 2.77. The summed E-state index contributed by atoms with van der Waals surface area (Å²) in [5.74, 6) is 1.90. The van der Waals surface area contributed by atoms with E-state index in [-0.39, 0.29) is 18.4 Å². The average Bonchev–Trinajstić information content (AvgIpc) is 2.66. The third-order valence-electron chi connectivity index (χ3n) is 3.78. The maximum atomic E-state index is 12.0. The molecule has 27 heavy (non-hydrogen) atoms. The quantitative estimate of drug-likeness (QED) is 0.501. The van der Waals surface area contributed by atoms with Crippen LogP contribution in [0, 0.1) is 0 Å². The fraction of sp³-hybridized carbons (Fsp3) is 0.300. The lowest BCUT2D eigenvalue weighted by Gasteiger charge is -2.14. The van der Waals surface area contributed by atoms with Crippen molar-refractivity contribution in [2.24, 2.45) is 5.10 Å². The molecule has 0 aliphatic heterocycles. The number of nitrogens with zero attached hydrogens (tertiary/aromatic N) is 1. The molecule has 0 atom stereocenters. The van der Waals surface area contributed by atoms with Crippen LogP contribution in [0.5, 0.6) is 17.2 Å². The Bertz CT molecular complexity index is 822. The van der Waals surface area contributed by atoms with Gasteiger partial charge < -0.3 is 14.2 Å². The first kappa shape index (κ1) is 20.8. The molecule has 0 unspecified atom stereocenters. The molecule has 2 aromatic rings. The predicted molar refractivity (Wildman–Crippen MR) is 109 cm³/mol. The number of hydrazone groups is 1. The van der Waals surface area contributed by atoms with Gasteiger partial charge >= 0.3 is 0 Å². The van der Waals surface area contributed by atoms with Crippen molar-refractivity contribution in [1.29, 1.82) is 0 Å². The smallest absolute Gasteiger partial charge is 0.277 e. The molecular formula is C20H23BrN2O4. The lowest BCUT2D eigenvalue weighted by atomic mass is 10.0. The van der Waals surface area contributed by atoms with E-state index in [1.165, 1.54) is 6.21 Å². The van der Waals surface area contributed by atoms with Crippen molar-refractivity contribution in [2.45, 2.75) is 19.8 Å². The summed E-state index contributed by atoms with van der Waals surface area (Å²) in [6.45, 7) is 4.01. The topological polar surface area (TPSA) is 69.2 Å². The van der Waals surface area contributed by atoms with Crippen LogP contribution in [0.2, 0.25) is 0 Å². The maximum Gasteiger partial charge on any atom is 0.277 e. The Kier molecular flexibility index (Phi) is 7.67. The molecule has 0 radical (unpaired) electrons. The molecule has 6 nitrogen and oxygen atoms in total. The van der Waals surface area contributed by atoms with Gasteiger partial charge in [-0.2, -0.15) is 5.10 Å². The van der Waals surface area contributed by atoms with Gasteiger partial charge in [0.15, 0.2) is 6.61 Å². The molecule has 0 spiro atoms. The number of nitrogens with one attached hydrogen (secondary N) is 1. The van der Waals surface area contributed by atoms with Crippen LogP contribution in [0.1, 0.15) is 30.9 Å². The van der Waals surface area contributed by atoms with Gasteiger partial charge in [0.25, 0.3) is 5.91 Å². The summed E-state index contributed by atoms with van der Waals surface area (Å²) in [6, 6.07) is 11.0. The molecule has 0 aliphatic rings. The lowest BCUT2D eigenvalue weighted by Crippen LogP contribution is -2.25. The van der Waals surface area contributed by atoms with E-state index in [2.05, 4.69) is 40.3 Å². The normalized spacial score (nSPS) is 10.9. The highest BCUT2D eigenvalue weighted by Crippen LogP contribution is 2.29. The third kappa shape index (κ3) is 5.99. The van der Waals surface area contributed by atoms with Crippen molar-refractivity contribution in [2.75, 3.05) is 20.8 Å². The van der Waals surface area contributed by atoms with Crippen LogP contribution < -0.4 is 19.6 Å². The number of benzene rings is 2. The molecule has 144 valence electrons. The number of hydrogen-bond acceptors (Lipinski definition) is 5. The zero-order chi connectivity index (χ0) is 19.8. The van der Waals surface area contributed by atoms with E-state index in [1.807, 2.05) is 18.2 Å². The van der Waals surface area contributed by atoms with E-state index in [4.69, 9.17) is 14.2 Å². The van der Waals surface area contributed by atoms with Gasteiger partial charge in [-0.25, -0.2) is 5.43 Å². The highest BCUT2D eigenvalue weighted by Gasteiger charge is 2.10. The van der Waals surface area contributed by atoms with Gasteiger partial charge in [-0.1, -0.05) is 29.8 Å². The van der Waals surface area contributed by atoms with Crippen LogP contribution in [0.3, 0.4) is 0 Å². The Hall–Kier alpha value is -2.54. The monoisotopic (exact) mass is 434 g/mol. The van der Waals surface area contributed by atoms with Gasteiger partial charge in [0.1, 0.15) is 17.2 Å². The van der Waals surface area contributed by atoms with Gasteiger partial charge in [-0.15, -0.1) is 0 Å². The van der Waals surface area contributed by atoms with Crippen LogP contribution in [0.4, 0.5) is 0 Å². The molecule has 0 fully saturated rings. The lowest BCUT2D eigenvalue weighted by molar-refractivity contribution is -0.123. The fourth-order valence-electron chi connectivity index (χ4n) is 2.39. The molecule has 0 bridgehead atoms. The Morgan fingerprint density at radius 3 is 2.56 bits per heavy atom. The van der Waals surface area contributed by atoms with Crippen LogP contribution in [-0.2, 0) is 4.79 Å². The first-order chi connectivity index (χ1) is 12.9. The van der Waals surface area contributed by atoms with E-state index >= 15 is 0 Å². The zero-order valence-corrected chi connectivity index (χ0v) is 17.4. The van der Waals surface area contributed by atoms with Gasteiger partial charge in [-0.3, -0.25) is 4.79 Å².